The maximum absolute atomic E-state index is 12.4. The minimum absolute atomic E-state index is 0.544. The summed E-state index contributed by atoms with van der Waals surface area (Å²) in [6.07, 6.45) is 1.92. The number of aromatic nitrogens is 1. The summed E-state index contributed by atoms with van der Waals surface area (Å²) in [6, 6.07) is 7.58. The molecule has 0 amide bonds. The third kappa shape index (κ3) is 4.90. The molecule has 0 saturated carbocycles. The second kappa shape index (κ2) is 8.60. The number of benzene rings is 1. The molecule has 0 bridgehead atoms. The third-order valence-corrected chi connectivity index (χ3v) is 4.98. The minimum Gasteiger partial charge on any atom is -0.421 e. The fourth-order valence-corrected chi connectivity index (χ4v) is 2.88. The summed E-state index contributed by atoms with van der Waals surface area (Å²) >= 11 is 0. The van der Waals surface area contributed by atoms with Gasteiger partial charge in [0.05, 0.1) is 5.52 Å². The van der Waals surface area contributed by atoms with Crippen LogP contribution >= 0.6 is 7.82 Å². The Bertz CT molecular complexity index is 765. The Hall–Kier alpha value is -1.70. The monoisotopic (exact) mass is 370 g/mol. The molecule has 0 aliphatic heterocycles. The van der Waals surface area contributed by atoms with Crippen LogP contribution in [0.25, 0.3) is 10.9 Å². The fraction of sp³-hybridized carbons (Fsp3) is 0.438. The molecular weight excluding hydrogens is 347 g/mol. The molecule has 0 aliphatic rings. The van der Waals surface area contributed by atoms with Crippen LogP contribution in [0.3, 0.4) is 0 Å². The van der Waals surface area contributed by atoms with Crippen LogP contribution in [0.4, 0.5) is 4.79 Å². The summed E-state index contributed by atoms with van der Waals surface area (Å²) in [7, 11) is 2.67. The number of carbonyl (C=O) groups is 1. The highest BCUT2D eigenvalue weighted by atomic mass is 31.2. The summed E-state index contributed by atoms with van der Waals surface area (Å²) in [6.45, 7) is 0.314. The van der Waals surface area contributed by atoms with Gasteiger partial charge in [0, 0.05) is 32.3 Å². The number of likely N-dealkylation sites (N-methyl/N-ethyl adjacent to an activating group) is 1. The molecule has 9 heteroatoms. The first-order valence-electron chi connectivity index (χ1n) is 7.67. The second-order valence-electron chi connectivity index (χ2n) is 5.56. The summed E-state index contributed by atoms with van der Waals surface area (Å²) in [5, 5.41) is 0.988. The number of ether oxygens (including phenoxy) is 1. The minimum atomic E-state index is -3.69. The maximum Gasteiger partial charge on any atom is 0.477 e. The highest BCUT2D eigenvalue weighted by Crippen LogP contribution is 2.47. The SMILES string of the molecule is COP(=O)(OC)OCOC(=O)n1cc(CCN(C)C)c2ccccc21. The normalized spacial score (nSPS) is 12.0. The van der Waals surface area contributed by atoms with Gasteiger partial charge in [-0.1, -0.05) is 18.2 Å². The van der Waals surface area contributed by atoms with Crippen molar-refractivity contribution in [2.75, 3.05) is 41.7 Å². The van der Waals surface area contributed by atoms with Crippen LogP contribution in [-0.2, 0) is 29.3 Å². The molecule has 0 aliphatic carbocycles. The van der Waals surface area contributed by atoms with Gasteiger partial charge in [0.25, 0.3) is 0 Å². The van der Waals surface area contributed by atoms with Crippen LogP contribution in [0.5, 0.6) is 0 Å². The lowest BCUT2D eigenvalue weighted by atomic mass is 10.1. The standard InChI is InChI=1S/C16H23N2O6P/c1-17(2)10-9-13-11-18(15-8-6-5-7-14(13)15)16(19)23-12-24-25(20,21-3)22-4/h5-8,11H,9-10,12H2,1-4H3. The first kappa shape index (κ1) is 19.6. The number of carbonyl (C=O) groups excluding carboxylic acids is 1. The zero-order valence-corrected chi connectivity index (χ0v) is 15.7. The van der Waals surface area contributed by atoms with Crippen molar-refractivity contribution < 1.29 is 27.7 Å². The number of hydrogen-bond donors (Lipinski definition) is 0. The Labute approximate surface area is 146 Å². The molecule has 1 aromatic heterocycles. The van der Waals surface area contributed by atoms with E-state index in [1.807, 2.05) is 38.4 Å². The van der Waals surface area contributed by atoms with E-state index in [-0.39, 0.29) is 0 Å². The van der Waals surface area contributed by atoms with Gasteiger partial charge in [-0.15, -0.1) is 0 Å². The number of phosphoric ester groups is 1. The quantitative estimate of drug-likeness (QED) is 0.522. The Morgan fingerprint density at radius 2 is 1.88 bits per heavy atom. The van der Waals surface area contributed by atoms with E-state index in [0.29, 0.717) is 0 Å². The van der Waals surface area contributed by atoms with Crippen molar-refractivity contribution in [3.63, 3.8) is 0 Å². The molecule has 1 aromatic carbocycles. The maximum atomic E-state index is 12.4. The number of para-hydroxylation sites is 1. The molecule has 0 N–H and O–H groups in total. The molecule has 1 heterocycles. The predicted molar refractivity (Wildman–Crippen MR) is 93.7 cm³/mol. The molecule has 2 rings (SSSR count). The topological polar surface area (TPSA) is 79.2 Å². The lowest BCUT2D eigenvalue weighted by Crippen LogP contribution is -2.16. The second-order valence-corrected chi connectivity index (χ2v) is 7.45. The van der Waals surface area contributed by atoms with Gasteiger partial charge in [0.2, 0.25) is 6.79 Å². The smallest absolute Gasteiger partial charge is 0.421 e. The van der Waals surface area contributed by atoms with Crippen LogP contribution in [-0.4, -0.2) is 57.2 Å². The van der Waals surface area contributed by atoms with E-state index in [4.69, 9.17) is 9.26 Å². The Morgan fingerprint density at radius 3 is 2.52 bits per heavy atom. The molecule has 0 atom stereocenters. The van der Waals surface area contributed by atoms with Gasteiger partial charge in [-0.2, -0.15) is 0 Å². The molecule has 25 heavy (non-hydrogen) atoms. The molecule has 8 nitrogen and oxygen atoms in total. The number of rotatable bonds is 8. The lowest BCUT2D eigenvalue weighted by molar-refractivity contribution is 0.0319. The predicted octanol–water partition coefficient (Wildman–Crippen LogP) is 3.11. The highest BCUT2D eigenvalue weighted by Gasteiger charge is 2.24. The van der Waals surface area contributed by atoms with Crippen LogP contribution in [0.1, 0.15) is 5.56 Å². The molecule has 0 spiro atoms. The average molecular weight is 370 g/mol. The van der Waals surface area contributed by atoms with E-state index < -0.39 is 20.7 Å². The number of hydrogen-bond acceptors (Lipinski definition) is 7. The van der Waals surface area contributed by atoms with Crippen molar-refractivity contribution in [2.24, 2.45) is 0 Å². The average Bonchev–Trinajstić information content (AvgIpc) is 2.98. The van der Waals surface area contributed by atoms with Gasteiger partial charge in [0.15, 0.2) is 0 Å². The van der Waals surface area contributed by atoms with Crippen molar-refractivity contribution in [2.45, 2.75) is 6.42 Å². The number of nitrogens with zero attached hydrogens (tertiary/aromatic N) is 2. The van der Waals surface area contributed by atoms with E-state index in [9.17, 15) is 9.36 Å². The van der Waals surface area contributed by atoms with Crippen molar-refractivity contribution in [1.82, 2.24) is 9.47 Å². The summed E-state index contributed by atoms with van der Waals surface area (Å²) in [5.74, 6) is 0. The highest BCUT2D eigenvalue weighted by molar-refractivity contribution is 7.48. The zero-order chi connectivity index (χ0) is 18.4. The van der Waals surface area contributed by atoms with Crippen molar-refractivity contribution in [3.8, 4) is 0 Å². The van der Waals surface area contributed by atoms with Gasteiger partial charge < -0.3 is 9.64 Å². The van der Waals surface area contributed by atoms with Gasteiger partial charge in [0.1, 0.15) is 0 Å². The van der Waals surface area contributed by atoms with Gasteiger partial charge in [-0.05, 0) is 32.1 Å². The van der Waals surface area contributed by atoms with E-state index in [2.05, 4.69) is 13.9 Å². The Kier molecular flexibility index (Phi) is 6.75. The summed E-state index contributed by atoms with van der Waals surface area (Å²) in [4.78, 5) is 14.4. The molecule has 0 unspecified atom stereocenters. The molecule has 2 aromatic rings. The van der Waals surface area contributed by atoms with Crippen LogP contribution < -0.4 is 0 Å². The van der Waals surface area contributed by atoms with Crippen LogP contribution in [0.2, 0.25) is 0 Å². The van der Waals surface area contributed by atoms with E-state index >= 15 is 0 Å². The van der Waals surface area contributed by atoms with E-state index in [0.717, 1.165) is 29.4 Å². The van der Waals surface area contributed by atoms with Gasteiger partial charge in [-0.25, -0.2) is 13.9 Å². The Morgan fingerprint density at radius 1 is 1.20 bits per heavy atom. The van der Waals surface area contributed by atoms with Gasteiger partial charge in [-0.3, -0.25) is 13.6 Å². The fourth-order valence-electron chi connectivity index (χ4n) is 2.34. The van der Waals surface area contributed by atoms with Crippen molar-refractivity contribution >= 4 is 24.8 Å². The zero-order valence-electron chi connectivity index (χ0n) is 14.8. The van der Waals surface area contributed by atoms with E-state index in [1.165, 1.54) is 18.8 Å². The van der Waals surface area contributed by atoms with Crippen LogP contribution in [0, 0.1) is 0 Å². The first-order valence-corrected chi connectivity index (χ1v) is 9.13. The number of phosphoric acid groups is 1. The van der Waals surface area contributed by atoms with Crippen molar-refractivity contribution in [3.05, 3.63) is 36.0 Å². The van der Waals surface area contributed by atoms with Crippen molar-refractivity contribution in [1.29, 1.82) is 0 Å². The van der Waals surface area contributed by atoms with Gasteiger partial charge >= 0.3 is 13.9 Å². The molecule has 0 fully saturated rings. The molecule has 0 radical (unpaired) electrons. The Balaban J connectivity index is 2.14. The molecule has 138 valence electrons. The first-order chi connectivity index (χ1) is 11.9. The summed E-state index contributed by atoms with van der Waals surface area (Å²) < 4.78 is 32.3. The largest absolute Gasteiger partial charge is 0.477 e. The van der Waals surface area contributed by atoms with E-state index in [1.54, 1.807) is 6.20 Å². The molecule has 0 saturated heterocycles. The molecular formula is C16H23N2O6P. The van der Waals surface area contributed by atoms with Crippen LogP contribution in [0.15, 0.2) is 30.5 Å². The number of fused-ring (bicyclic) bond motifs is 1. The lowest BCUT2D eigenvalue weighted by Gasteiger charge is -2.13. The summed E-state index contributed by atoms with van der Waals surface area (Å²) in [5.41, 5.74) is 1.78. The third-order valence-electron chi connectivity index (χ3n) is 3.66.